The summed E-state index contributed by atoms with van der Waals surface area (Å²) in [6, 6.07) is 26.5. The van der Waals surface area contributed by atoms with Crippen LogP contribution in [0.25, 0.3) is 0 Å². The number of benzene rings is 3. The molecule has 0 saturated carbocycles. The lowest BCUT2D eigenvalue weighted by atomic mass is 10.1. The van der Waals surface area contributed by atoms with Crippen LogP contribution in [0, 0.1) is 0 Å². The molecule has 208 valence electrons. The highest BCUT2D eigenvalue weighted by molar-refractivity contribution is 5.95. The molecule has 3 aromatic carbocycles. The van der Waals surface area contributed by atoms with Crippen molar-refractivity contribution in [3.63, 3.8) is 0 Å². The zero-order valence-electron chi connectivity index (χ0n) is 22.5. The molecule has 1 aromatic heterocycles. The number of anilines is 5. The van der Waals surface area contributed by atoms with Gasteiger partial charge >= 0.3 is 0 Å². The molecule has 4 aromatic rings. The molecule has 0 radical (unpaired) electrons. The molecular formula is C30H34N6O4. The lowest BCUT2D eigenvalue weighted by Gasteiger charge is -2.12. The fraction of sp³-hybridized carbons (Fsp3) is 0.267. The van der Waals surface area contributed by atoms with Gasteiger partial charge in [0.15, 0.2) is 5.78 Å². The maximum Gasteiger partial charge on any atom is 0.233 e. The average Bonchev–Trinajstić information content (AvgIpc) is 2.99. The van der Waals surface area contributed by atoms with Crippen LogP contribution < -0.4 is 20.7 Å². The molecule has 0 atom stereocenters. The molecule has 40 heavy (non-hydrogen) atoms. The van der Waals surface area contributed by atoms with Crippen LogP contribution in [-0.4, -0.2) is 60.8 Å². The van der Waals surface area contributed by atoms with E-state index in [2.05, 4.69) is 30.9 Å². The van der Waals surface area contributed by atoms with E-state index in [1.54, 1.807) is 7.11 Å². The van der Waals surface area contributed by atoms with E-state index in [1.165, 1.54) is 0 Å². The number of carbonyl (C=O) groups excluding carboxylic acids is 1. The Kier molecular flexibility index (Phi) is 11.2. The molecule has 0 saturated heterocycles. The van der Waals surface area contributed by atoms with Crippen molar-refractivity contribution in [1.82, 2.24) is 15.0 Å². The lowest BCUT2D eigenvalue weighted by molar-refractivity contribution is 0.0497. The van der Waals surface area contributed by atoms with Crippen molar-refractivity contribution in [2.45, 2.75) is 12.8 Å². The van der Waals surface area contributed by atoms with Gasteiger partial charge in [-0.05, 0) is 42.8 Å². The first kappa shape index (κ1) is 28.5. The molecule has 10 heteroatoms. The lowest BCUT2D eigenvalue weighted by Crippen LogP contribution is -2.15. The average molecular weight is 543 g/mol. The number of aromatic nitrogens is 3. The molecule has 4 rings (SSSR count). The summed E-state index contributed by atoms with van der Waals surface area (Å²) in [6.07, 6.45) is 1.15. The Hall–Kier alpha value is -4.54. The number of para-hydroxylation sites is 1. The first-order chi connectivity index (χ1) is 19.7. The monoisotopic (exact) mass is 542 g/mol. The number of ether oxygens (including phenoxy) is 3. The Morgan fingerprint density at radius 1 is 0.675 bits per heavy atom. The zero-order chi connectivity index (χ0) is 27.8. The molecule has 10 nitrogen and oxygen atoms in total. The van der Waals surface area contributed by atoms with Crippen molar-refractivity contribution in [2.24, 2.45) is 0 Å². The van der Waals surface area contributed by atoms with Crippen LogP contribution in [0.2, 0.25) is 0 Å². The van der Waals surface area contributed by atoms with E-state index in [-0.39, 0.29) is 5.78 Å². The van der Waals surface area contributed by atoms with E-state index < -0.39 is 0 Å². The normalized spacial score (nSPS) is 10.6. The highest BCUT2D eigenvalue weighted by Crippen LogP contribution is 2.20. The Labute approximate surface area is 234 Å². The highest BCUT2D eigenvalue weighted by Gasteiger charge is 2.08. The molecule has 0 aliphatic carbocycles. The van der Waals surface area contributed by atoms with Gasteiger partial charge in [0, 0.05) is 36.5 Å². The third-order valence-corrected chi connectivity index (χ3v) is 5.70. The Morgan fingerprint density at radius 2 is 1.25 bits per heavy atom. The number of methoxy groups -OCH3 is 1. The summed E-state index contributed by atoms with van der Waals surface area (Å²) in [5.74, 6) is 2.10. The molecule has 0 aliphatic heterocycles. The number of ketones is 1. The van der Waals surface area contributed by atoms with E-state index in [1.807, 2.05) is 84.9 Å². The minimum absolute atomic E-state index is 0.134. The van der Waals surface area contributed by atoms with Gasteiger partial charge in [0.2, 0.25) is 17.8 Å². The third kappa shape index (κ3) is 9.64. The molecule has 0 fully saturated rings. The zero-order valence-corrected chi connectivity index (χ0v) is 22.5. The van der Waals surface area contributed by atoms with Gasteiger partial charge in [0.1, 0.15) is 5.75 Å². The second-order valence-electron chi connectivity index (χ2n) is 8.70. The number of nitrogens with zero attached hydrogens (tertiary/aromatic N) is 3. The van der Waals surface area contributed by atoms with Gasteiger partial charge in [-0.25, -0.2) is 0 Å². The van der Waals surface area contributed by atoms with Gasteiger partial charge in [-0.15, -0.1) is 0 Å². The SMILES string of the molecule is COc1ccc(Nc2nc(NCCOCCOCCCC(=O)c3ccccc3)nc(Nc3ccccc3)n2)cc1. The number of hydrogen-bond acceptors (Lipinski definition) is 10. The topological polar surface area (TPSA) is 120 Å². The van der Waals surface area contributed by atoms with Gasteiger partial charge in [0.25, 0.3) is 0 Å². The Bertz CT molecular complexity index is 1310. The van der Waals surface area contributed by atoms with Gasteiger partial charge in [-0.3, -0.25) is 4.79 Å². The summed E-state index contributed by atoms with van der Waals surface area (Å²) >= 11 is 0. The maximum absolute atomic E-state index is 12.1. The fourth-order valence-electron chi connectivity index (χ4n) is 3.68. The van der Waals surface area contributed by atoms with Crippen LogP contribution in [-0.2, 0) is 9.47 Å². The van der Waals surface area contributed by atoms with E-state index in [0.29, 0.717) is 63.7 Å². The summed E-state index contributed by atoms with van der Waals surface area (Å²) in [6.45, 7) is 2.39. The number of Topliss-reactive ketones (excluding diaryl/α,β-unsaturated/α-hetero) is 1. The summed E-state index contributed by atoms with van der Waals surface area (Å²) in [5, 5.41) is 9.60. The van der Waals surface area contributed by atoms with Gasteiger partial charge in [-0.1, -0.05) is 48.5 Å². The minimum Gasteiger partial charge on any atom is -0.497 e. The van der Waals surface area contributed by atoms with Crippen LogP contribution in [0.3, 0.4) is 0 Å². The molecule has 0 aliphatic rings. The standard InChI is InChI=1S/C30H34N6O4/c1-38-26-16-14-25(15-17-26)33-30-35-28(34-29(36-30)32-24-11-6-3-7-12-24)31-18-20-40-22-21-39-19-8-13-27(37)23-9-4-2-5-10-23/h2-7,9-12,14-17H,8,13,18-22H2,1H3,(H3,31,32,33,34,35,36). The molecule has 0 amide bonds. The van der Waals surface area contributed by atoms with Crippen molar-refractivity contribution in [1.29, 1.82) is 0 Å². The van der Waals surface area contributed by atoms with E-state index in [9.17, 15) is 4.79 Å². The van der Waals surface area contributed by atoms with E-state index >= 15 is 0 Å². The second-order valence-corrected chi connectivity index (χ2v) is 8.70. The molecule has 0 spiro atoms. The summed E-state index contributed by atoms with van der Waals surface area (Å²) < 4.78 is 16.5. The molecule has 0 bridgehead atoms. The predicted molar refractivity (Wildman–Crippen MR) is 156 cm³/mol. The van der Waals surface area contributed by atoms with Crippen molar-refractivity contribution in [3.8, 4) is 5.75 Å². The van der Waals surface area contributed by atoms with E-state index in [0.717, 1.165) is 22.7 Å². The van der Waals surface area contributed by atoms with Gasteiger partial charge in [0.05, 0.1) is 26.9 Å². The Morgan fingerprint density at radius 3 is 1.90 bits per heavy atom. The van der Waals surface area contributed by atoms with Crippen molar-refractivity contribution >= 4 is 35.0 Å². The van der Waals surface area contributed by atoms with Crippen molar-refractivity contribution in [2.75, 3.05) is 56.0 Å². The molecular weight excluding hydrogens is 508 g/mol. The maximum atomic E-state index is 12.1. The number of carbonyl (C=O) groups is 1. The third-order valence-electron chi connectivity index (χ3n) is 5.70. The fourth-order valence-corrected chi connectivity index (χ4v) is 3.68. The molecule has 3 N–H and O–H groups in total. The predicted octanol–water partition coefficient (Wildman–Crippen LogP) is 5.48. The Balaban J connectivity index is 1.19. The second kappa shape index (κ2) is 15.8. The van der Waals surface area contributed by atoms with Crippen LogP contribution in [0.15, 0.2) is 84.9 Å². The smallest absolute Gasteiger partial charge is 0.233 e. The minimum atomic E-state index is 0.134. The first-order valence-electron chi connectivity index (χ1n) is 13.2. The number of rotatable bonds is 17. The van der Waals surface area contributed by atoms with Crippen LogP contribution in [0.1, 0.15) is 23.2 Å². The number of hydrogen-bond donors (Lipinski definition) is 3. The summed E-state index contributed by atoms with van der Waals surface area (Å²) in [5.41, 5.74) is 2.42. The molecule has 1 heterocycles. The van der Waals surface area contributed by atoms with Crippen molar-refractivity contribution in [3.05, 3.63) is 90.5 Å². The largest absolute Gasteiger partial charge is 0.497 e. The first-order valence-corrected chi connectivity index (χ1v) is 13.2. The van der Waals surface area contributed by atoms with Gasteiger partial charge in [-0.2, -0.15) is 15.0 Å². The summed E-state index contributed by atoms with van der Waals surface area (Å²) in [4.78, 5) is 25.6. The van der Waals surface area contributed by atoms with Crippen LogP contribution in [0.4, 0.5) is 29.2 Å². The van der Waals surface area contributed by atoms with Crippen LogP contribution in [0.5, 0.6) is 5.75 Å². The summed E-state index contributed by atoms with van der Waals surface area (Å²) in [7, 11) is 1.63. The molecule has 0 unspecified atom stereocenters. The van der Waals surface area contributed by atoms with Gasteiger partial charge < -0.3 is 30.2 Å². The quantitative estimate of drug-likeness (QED) is 0.117. The van der Waals surface area contributed by atoms with Crippen LogP contribution >= 0.6 is 0 Å². The van der Waals surface area contributed by atoms with Crippen molar-refractivity contribution < 1.29 is 19.0 Å². The highest BCUT2D eigenvalue weighted by atomic mass is 16.5. The van der Waals surface area contributed by atoms with E-state index in [4.69, 9.17) is 14.2 Å². The number of nitrogens with one attached hydrogen (secondary N) is 3.